The molecule has 1 fully saturated rings. The molecule has 0 aromatic carbocycles. The molecule has 0 aromatic heterocycles. The Hall–Kier alpha value is -0.610. The second-order valence-electron chi connectivity index (χ2n) is 4.90. The average molecular weight is 230 g/mol. The van der Waals surface area contributed by atoms with Crippen molar-refractivity contribution in [1.29, 1.82) is 0 Å². The van der Waals surface area contributed by atoms with Crippen molar-refractivity contribution in [2.24, 2.45) is 11.8 Å². The van der Waals surface area contributed by atoms with Crippen LogP contribution in [-0.4, -0.2) is 35.0 Å². The molecule has 4 nitrogen and oxygen atoms in total. The van der Waals surface area contributed by atoms with Crippen LogP contribution < -0.4 is 0 Å². The minimum absolute atomic E-state index is 0.0347. The van der Waals surface area contributed by atoms with Crippen LogP contribution >= 0.6 is 0 Å². The van der Waals surface area contributed by atoms with Crippen LogP contribution in [0.1, 0.15) is 39.5 Å². The van der Waals surface area contributed by atoms with Gasteiger partial charge in [0.25, 0.3) is 0 Å². The van der Waals surface area contributed by atoms with E-state index in [2.05, 4.69) is 6.92 Å². The number of hydrogen-bond acceptors (Lipinski definition) is 3. The van der Waals surface area contributed by atoms with E-state index in [0.717, 1.165) is 12.8 Å². The standard InChI is InChI=1S/C12H22O4/c1-9-4-5-12(11(14)15,10(2)8-9)16-7-3-6-13/h9-10,13H,3-8H2,1-2H3,(H,14,15). The smallest absolute Gasteiger partial charge is 0.336 e. The Balaban J connectivity index is 2.68. The van der Waals surface area contributed by atoms with Crippen LogP contribution in [0.25, 0.3) is 0 Å². The van der Waals surface area contributed by atoms with Crippen molar-refractivity contribution in [2.75, 3.05) is 13.2 Å². The molecular formula is C12H22O4. The Bertz CT molecular complexity index is 241. The van der Waals surface area contributed by atoms with Crippen LogP contribution in [0.5, 0.6) is 0 Å². The molecule has 3 unspecified atom stereocenters. The lowest BCUT2D eigenvalue weighted by Crippen LogP contribution is -2.50. The maximum atomic E-state index is 11.4. The summed E-state index contributed by atoms with van der Waals surface area (Å²) in [6.45, 7) is 4.46. The molecular weight excluding hydrogens is 208 g/mol. The number of ether oxygens (including phenoxy) is 1. The number of carbonyl (C=O) groups is 1. The summed E-state index contributed by atoms with van der Waals surface area (Å²) in [7, 11) is 0. The zero-order valence-electron chi connectivity index (χ0n) is 10.1. The molecule has 0 radical (unpaired) electrons. The molecule has 1 rings (SSSR count). The summed E-state index contributed by atoms with van der Waals surface area (Å²) in [4.78, 5) is 11.4. The molecule has 1 aliphatic carbocycles. The summed E-state index contributed by atoms with van der Waals surface area (Å²) in [6, 6.07) is 0. The van der Waals surface area contributed by atoms with Gasteiger partial charge in [-0.2, -0.15) is 0 Å². The third-order valence-electron chi connectivity index (χ3n) is 3.58. The largest absolute Gasteiger partial charge is 0.479 e. The lowest BCUT2D eigenvalue weighted by molar-refractivity contribution is -0.181. The lowest BCUT2D eigenvalue weighted by Gasteiger charge is -2.41. The average Bonchev–Trinajstić information content (AvgIpc) is 2.21. The van der Waals surface area contributed by atoms with Crippen molar-refractivity contribution in [3.63, 3.8) is 0 Å². The van der Waals surface area contributed by atoms with E-state index in [9.17, 15) is 9.90 Å². The fourth-order valence-corrected chi connectivity index (χ4v) is 2.53. The van der Waals surface area contributed by atoms with Crippen LogP contribution in [-0.2, 0) is 9.53 Å². The first-order valence-corrected chi connectivity index (χ1v) is 6.01. The van der Waals surface area contributed by atoms with Gasteiger partial charge in [0.05, 0.1) is 6.61 Å². The second-order valence-corrected chi connectivity index (χ2v) is 4.90. The van der Waals surface area contributed by atoms with Gasteiger partial charge in [-0.25, -0.2) is 4.79 Å². The van der Waals surface area contributed by atoms with Gasteiger partial charge < -0.3 is 14.9 Å². The summed E-state index contributed by atoms with van der Waals surface area (Å²) in [5, 5.41) is 18.1. The molecule has 0 heterocycles. The molecule has 0 spiro atoms. The van der Waals surface area contributed by atoms with E-state index < -0.39 is 11.6 Å². The molecule has 0 saturated heterocycles. The summed E-state index contributed by atoms with van der Waals surface area (Å²) in [6.07, 6.45) is 2.87. The first kappa shape index (κ1) is 13.5. The molecule has 0 bridgehead atoms. The topological polar surface area (TPSA) is 66.8 Å². The number of carboxylic acids is 1. The highest BCUT2D eigenvalue weighted by Gasteiger charge is 2.47. The van der Waals surface area contributed by atoms with Gasteiger partial charge in [-0.15, -0.1) is 0 Å². The Morgan fingerprint density at radius 3 is 2.69 bits per heavy atom. The molecule has 0 amide bonds. The van der Waals surface area contributed by atoms with E-state index in [-0.39, 0.29) is 12.5 Å². The number of carboxylic acid groups (broad SMARTS) is 1. The van der Waals surface area contributed by atoms with Gasteiger partial charge in [0.15, 0.2) is 5.60 Å². The SMILES string of the molecule is CC1CCC(OCCCO)(C(=O)O)C(C)C1. The van der Waals surface area contributed by atoms with Crippen molar-refractivity contribution >= 4 is 5.97 Å². The molecule has 1 aliphatic rings. The van der Waals surface area contributed by atoms with E-state index in [1.807, 2.05) is 6.92 Å². The third kappa shape index (κ3) is 2.74. The van der Waals surface area contributed by atoms with Crippen molar-refractivity contribution in [3.05, 3.63) is 0 Å². The molecule has 1 saturated carbocycles. The van der Waals surface area contributed by atoms with Crippen LogP contribution in [0.2, 0.25) is 0 Å². The summed E-state index contributed by atoms with van der Waals surface area (Å²) in [5.41, 5.74) is -1.03. The molecule has 0 aromatic rings. The zero-order chi connectivity index (χ0) is 12.2. The Labute approximate surface area is 96.6 Å². The molecule has 2 N–H and O–H groups in total. The lowest BCUT2D eigenvalue weighted by atomic mass is 9.72. The molecule has 3 atom stereocenters. The van der Waals surface area contributed by atoms with Crippen molar-refractivity contribution in [3.8, 4) is 0 Å². The minimum Gasteiger partial charge on any atom is -0.479 e. The van der Waals surface area contributed by atoms with E-state index in [1.54, 1.807) is 0 Å². The summed E-state index contributed by atoms with van der Waals surface area (Å²) in [5.74, 6) is -0.249. The van der Waals surface area contributed by atoms with Crippen LogP contribution in [0.4, 0.5) is 0 Å². The van der Waals surface area contributed by atoms with Crippen LogP contribution in [0.15, 0.2) is 0 Å². The Morgan fingerprint density at radius 2 is 2.19 bits per heavy atom. The summed E-state index contributed by atoms with van der Waals surface area (Å²) >= 11 is 0. The van der Waals surface area contributed by atoms with E-state index in [1.165, 1.54) is 0 Å². The number of rotatable bonds is 5. The predicted molar refractivity (Wildman–Crippen MR) is 60.2 cm³/mol. The van der Waals surface area contributed by atoms with Gasteiger partial charge in [-0.1, -0.05) is 13.8 Å². The monoisotopic (exact) mass is 230 g/mol. The van der Waals surface area contributed by atoms with Crippen molar-refractivity contribution in [1.82, 2.24) is 0 Å². The maximum Gasteiger partial charge on any atom is 0.336 e. The van der Waals surface area contributed by atoms with Crippen LogP contribution in [0, 0.1) is 11.8 Å². The molecule has 0 aliphatic heterocycles. The van der Waals surface area contributed by atoms with E-state index >= 15 is 0 Å². The highest BCUT2D eigenvalue weighted by Crippen LogP contribution is 2.39. The second kappa shape index (κ2) is 5.64. The number of hydrogen-bond donors (Lipinski definition) is 2. The van der Waals surface area contributed by atoms with Gasteiger partial charge in [-0.3, -0.25) is 0 Å². The van der Waals surface area contributed by atoms with Crippen molar-refractivity contribution < 1.29 is 19.7 Å². The quantitative estimate of drug-likeness (QED) is 0.705. The van der Waals surface area contributed by atoms with Gasteiger partial charge in [0.2, 0.25) is 0 Å². The predicted octanol–water partition coefficient (Wildman–Crippen LogP) is 1.66. The molecule has 94 valence electrons. The Kier molecular flexibility index (Phi) is 4.74. The van der Waals surface area contributed by atoms with Gasteiger partial charge in [0, 0.05) is 6.61 Å². The first-order valence-electron chi connectivity index (χ1n) is 6.01. The van der Waals surface area contributed by atoms with Gasteiger partial charge in [0.1, 0.15) is 0 Å². The minimum atomic E-state index is -1.03. The Morgan fingerprint density at radius 1 is 1.50 bits per heavy atom. The number of aliphatic carboxylic acids is 1. The highest BCUT2D eigenvalue weighted by atomic mass is 16.5. The fourth-order valence-electron chi connectivity index (χ4n) is 2.53. The summed E-state index contributed by atoms with van der Waals surface area (Å²) < 4.78 is 5.57. The molecule has 4 heteroatoms. The van der Waals surface area contributed by atoms with E-state index in [4.69, 9.17) is 9.84 Å². The van der Waals surface area contributed by atoms with Crippen molar-refractivity contribution in [2.45, 2.75) is 45.1 Å². The highest BCUT2D eigenvalue weighted by molar-refractivity contribution is 5.78. The number of aliphatic hydroxyl groups excluding tert-OH is 1. The zero-order valence-corrected chi connectivity index (χ0v) is 10.1. The normalized spacial score (nSPS) is 34.9. The van der Waals surface area contributed by atoms with Gasteiger partial charge >= 0.3 is 5.97 Å². The first-order chi connectivity index (χ1) is 7.53. The van der Waals surface area contributed by atoms with E-state index in [0.29, 0.717) is 25.4 Å². The number of aliphatic hydroxyl groups is 1. The third-order valence-corrected chi connectivity index (χ3v) is 3.58. The van der Waals surface area contributed by atoms with Gasteiger partial charge in [-0.05, 0) is 37.5 Å². The maximum absolute atomic E-state index is 11.4. The van der Waals surface area contributed by atoms with Crippen LogP contribution in [0.3, 0.4) is 0 Å². The fraction of sp³-hybridized carbons (Fsp3) is 0.917. The molecule has 16 heavy (non-hydrogen) atoms.